The minimum Gasteiger partial charge on any atom is -0.382 e. The second kappa shape index (κ2) is 9.66. The standard InChI is InChI=1S/C30H27N3O3/c34-29(27-3-1-2-11-31-27)26-18-23-10-12-32-30(35)28(23)25-17-22(8-9-24(25)26)21-6-4-20(5-7-21)19-33-13-15-36-16-14-33/h1-12,17-18,29,34H,13-16,19H2,(H,32,35). The highest BCUT2D eigenvalue weighted by molar-refractivity contribution is 6.10. The van der Waals surface area contributed by atoms with Gasteiger partial charge >= 0.3 is 0 Å². The number of nitrogens with one attached hydrogen (secondary N) is 1. The first-order valence-corrected chi connectivity index (χ1v) is 12.2. The number of aromatic nitrogens is 2. The summed E-state index contributed by atoms with van der Waals surface area (Å²) in [5, 5.41) is 14.3. The third-order valence-corrected chi connectivity index (χ3v) is 6.96. The Bertz CT molecular complexity index is 1570. The number of ether oxygens (including phenoxy) is 1. The highest BCUT2D eigenvalue weighted by atomic mass is 16.5. The lowest BCUT2D eigenvalue weighted by Crippen LogP contribution is -2.35. The molecule has 1 atom stereocenters. The molecule has 6 rings (SSSR count). The zero-order chi connectivity index (χ0) is 24.5. The van der Waals surface area contributed by atoms with Crippen LogP contribution in [0.5, 0.6) is 0 Å². The van der Waals surface area contributed by atoms with Crippen molar-refractivity contribution in [2.45, 2.75) is 12.6 Å². The molecule has 1 unspecified atom stereocenters. The van der Waals surface area contributed by atoms with Gasteiger partial charge in [0.2, 0.25) is 0 Å². The van der Waals surface area contributed by atoms with E-state index in [0.717, 1.165) is 65.7 Å². The Labute approximate surface area is 208 Å². The number of aliphatic hydroxyl groups is 1. The Balaban J connectivity index is 1.43. The topological polar surface area (TPSA) is 78.5 Å². The van der Waals surface area contributed by atoms with Gasteiger partial charge < -0.3 is 14.8 Å². The van der Waals surface area contributed by atoms with Crippen molar-refractivity contribution in [3.05, 3.63) is 112 Å². The number of rotatable bonds is 5. The fourth-order valence-electron chi connectivity index (χ4n) is 5.06. The van der Waals surface area contributed by atoms with Crippen LogP contribution in [0.3, 0.4) is 0 Å². The molecule has 6 heteroatoms. The zero-order valence-corrected chi connectivity index (χ0v) is 19.9. The van der Waals surface area contributed by atoms with Gasteiger partial charge in [0.25, 0.3) is 5.56 Å². The molecule has 1 saturated heterocycles. The quantitative estimate of drug-likeness (QED) is 0.360. The molecule has 0 amide bonds. The minimum atomic E-state index is -0.900. The van der Waals surface area contributed by atoms with Gasteiger partial charge in [0.15, 0.2) is 0 Å². The Kier molecular flexibility index (Phi) is 6.07. The number of pyridine rings is 2. The van der Waals surface area contributed by atoms with Crippen LogP contribution in [0.4, 0.5) is 0 Å². The molecule has 180 valence electrons. The van der Waals surface area contributed by atoms with E-state index in [4.69, 9.17) is 4.74 Å². The largest absolute Gasteiger partial charge is 0.382 e. The molecule has 3 heterocycles. The first kappa shape index (κ1) is 22.6. The molecule has 1 aliphatic heterocycles. The molecule has 5 aromatic rings. The van der Waals surface area contributed by atoms with E-state index < -0.39 is 6.10 Å². The smallest absolute Gasteiger partial charge is 0.256 e. The number of aromatic amines is 1. The summed E-state index contributed by atoms with van der Waals surface area (Å²) in [4.78, 5) is 22.4. The van der Waals surface area contributed by atoms with Crippen molar-refractivity contribution in [1.82, 2.24) is 14.9 Å². The number of hydrogen-bond acceptors (Lipinski definition) is 5. The number of nitrogens with zero attached hydrogens (tertiary/aromatic N) is 2. The monoisotopic (exact) mass is 477 g/mol. The van der Waals surface area contributed by atoms with Gasteiger partial charge in [-0.1, -0.05) is 42.5 Å². The molecule has 0 bridgehead atoms. The van der Waals surface area contributed by atoms with E-state index in [1.54, 1.807) is 12.4 Å². The number of aliphatic hydroxyl groups excluding tert-OH is 1. The molecule has 2 aromatic heterocycles. The Morgan fingerprint density at radius 3 is 2.53 bits per heavy atom. The summed E-state index contributed by atoms with van der Waals surface area (Å²) in [6.45, 7) is 4.41. The number of H-pyrrole nitrogens is 1. The highest BCUT2D eigenvalue weighted by Gasteiger charge is 2.18. The normalized spacial score (nSPS) is 15.4. The van der Waals surface area contributed by atoms with E-state index in [2.05, 4.69) is 51.3 Å². The van der Waals surface area contributed by atoms with Gasteiger partial charge in [-0.3, -0.25) is 14.7 Å². The van der Waals surface area contributed by atoms with Crippen LogP contribution in [0.2, 0.25) is 0 Å². The van der Waals surface area contributed by atoms with Crippen molar-refractivity contribution in [3.8, 4) is 11.1 Å². The third kappa shape index (κ3) is 4.31. The average molecular weight is 478 g/mol. The number of benzene rings is 3. The van der Waals surface area contributed by atoms with Crippen molar-refractivity contribution in [2.24, 2.45) is 0 Å². The maximum atomic E-state index is 12.9. The van der Waals surface area contributed by atoms with E-state index in [1.165, 1.54) is 5.56 Å². The number of fused-ring (bicyclic) bond motifs is 3. The van der Waals surface area contributed by atoms with Crippen LogP contribution in [-0.2, 0) is 11.3 Å². The number of morpholine rings is 1. The molecule has 3 aromatic carbocycles. The maximum Gasteiger partial charge on any atom is 0.256 e. The summed E-state index contributed by atoms with van der Waals surface area (Å²) in [5.74, 6) is 0. The van der Waals surface area contributed by atoms with Crippen LogP contribution in [0, 0.1) is 0 Å². The van der Waals surface area contributed by atoms with Crippen molar-refractivity contribution in [1.29, 1.82) is 0 Å². The molecule has 2 N–H and O–H groups in total. The summed E-state index contributed by atoms with van der Waals surface area (Å²) < 4.78 is 5.45. The van der Waals surface area contributed by atoms with Crippen LogP contribution >= 0.6 is 0 Å². The summed E-state index contributed by atoms with van der Waals surface area (Å²) >= 11 is 0. The van der Waals surface area contributed by atoms with E-state index >= 15 is 0 Å². The predicted octanol–water partition coefficient (Wildman–Crippen LogP) is 4.66. The summed E-state index contributed by atoms with van der Waals surface area (Å²) in [6.07, 6.45) is 2.42. The van der Waals surface area contributed by atoms with Crippen molar-refractivity contribution >= 4 is 21.5 Å². The van der Waals surface area contributed by atoms with Gasteiger partial charge in [0.05, 0.1) is 24.3 Å². The van der Waals surface area contributed by atoms with Gasteiger partial charge in [-0.15, -0.1) is 0 Å². The van der Waals surface area contributed by atoms with Gasteiger partial charge in [-0.05, 0) is 68.7 Å². The lowest BCUT2D eigenvalue weighted by molar-refractivity contribution is 0.0342. The molecular weight excluding hydrogens is 450 g/mol. The molecule has 1 fully saturated rings. The van der Waals surface area contributed by atoms with Crippen LogP contribution in [0.25, 0.3) is 32.7 Å². The van der Waals surface area contributed by atoms with Gasteiger partial charge in [0, 0.05) is 32.0 Å². The average Bonchev–Trinajstić information content (AvgIpc) is 2.93. The van der Waals surface area contributed by atoms with Gasteiger partial charge in [-0.2, -0.15) is 0 Å². The van der Waals surface area contributed by atoms with Crippen molar-refractivity contribution in [3.63, 3.8) is 0 Å². The molecule has 0 spiro atoms. The SMILES string of the molecule is O=c1[nH]ccc2cc(C(O)c3ccccn3)c3ccc(-c4ccc(CN5CCOCC5)cc4)cc3c12. The number of hydrogen-bond donors (Lipinski definition) is 2. The van der Waals surface area contributed by atoms with E-state index in [-0.39, 0.29) is 5.56 Å². The molecule has 1 aliphatic rings. The zero-order valence-electron chi connectivity index (χ0n) is 19.9. The minimum absolute atomic E-state index is 0.144. The lowest BCUT2D eigenvalue weighted by Gasteiger charge is -2.26. The first-order valence-electron chi connectivity index (χ1n) is 12.2. The molecule has 0 radical (unpaired) electrons. The molecule has 6 nitrogen and oxygen atoms in total. The second-order valence-corrected chi connectivity index (χ2v) is 9.24. The van der Waals surface area contributed by atoms with E-state index in [9.17, 15) is 9.90 Å². The maximum absolute atomic E-state index is 12.9. The van der Waals surface area contributed by atoms with Crippen molar-refractivity contribution in [2.75, 3.05) is 26.3 Å². The lowest BCUT2D eigenvalue weighted by atomic mass is 9.91. The van der Waals surface area contributed by atoms with E-state index in [0.29, 0.717) is 11.1 Å². The predicted molar refractivity (Wildman–Crippen MR) is 142 cm³/mol. The summed E-state index contributed by atoms with van der Waals surface area (Å²) in [6, 6.07) is 24.0. The molecule has 0 saturated carbocycles. The van der Waals surface area contributed by atoms with Crippen LogP contribution in [0.1, 0.15) is 22.9 Å². The van der Waals surface area contributed by atoms with Crippen LogP contribution < -0.4 is 5.56 Å². The Morgan fingerprint density at radius 1 is 0.944 bits per heavy atom. The van der Waals surface area contributed by atoms with E-state index in [1.807, 2.05) is 36.4 Å². The first-order chi connectivity index (χ1) is 17.7. The highest BCUT2D eigenvalue weighted by Crippen LogP contribution is 2.35. The Hall–Kier alpha value is -3.84. The van der Waals surface area contributed by atoms with Crippen LogP contribution in [-0.4, -0.2) is 46.3 Å². The van der Waals surface area contributed by atoms with Crippen LogP contribution in [0.15, 0.2) is 90.0 Å². The van der Waals surface area contributed by atoms with Gasteiger partial charge in [-0.25, -0.2) is 0 Å². The fourth-order valence-corrected chi connectivity index (χ4v) is 5.06. The third-order valence-electron chi connectivity index (χ3n) is 6.96. The summed E-state index contributed by atoms with van der Waals surface area (Å²) in [5.41, 5.74) is 4.53. The fraction of sp³-hybridized carbons (Fsp3) is 0.200. The summed E-state index contributed by atoms with van der Waals surface area (Å²) in [7, 11) is 0. The van der Waals surface area contributed by atoms with Gasteiger partial charge in [0.1, 0.15) is 6.10 Å². The second-order valence-electron chi connectivity index (χ2n) is 9.24. The molecule has 36 heavy (non-hydrogen) atoms. The van der Waals surface area contributed by atoms with Crippen molar-refractivity contribution < 1.29 is 9.84 Å². The molecular formula is C30H27N3O3. The molecule has 0 aliphatic carbocycles. The Morgan fingerprint density at radius 2 is 1.75 bits per heavy atom.